The number of rotatable bonds is 6. The van der Waals surface area contributed by atoms with Gasteiger partial charge in [-0.2, -0.15) is 0 Å². The molecule has 0 atom stereocenters. The first-order valence-electron chi connectivity index (χ1n) is 9.60. The topological polar surface area (TPSA) is 117 Å². The number of carbonyl (C=O) groups is 2. The lowest BCUT2D eigenvalue weighted by Gasteiger charge is -2.09. The molecule has 0 saturated carbocycles. The number of ether oxygens (including phenoxy) is 2. The first kappa shape index (κ1) is 22.3. The number of fused-ring (bicyclic) bond motifs is 1. The van der Waals surface area contributed by atoms with Crippen LogP contribution in [0.1, 0.15) is 0 Å². The van der Waals surface area contributed by atoms with Gasteiger partial charge in [0, 0.05) is 34.4 Å². The van der Waals surface area contributed by atoms with Gasteiger partial charge in [0.2, 0.25) is 5.95 Å². The first-order valence-corrected chi connectivity index (χ1v) is 10.8. The lowest BCUT2D eigenvalue weighted by Crippen LogP contribution is -2.11. The summed E-state index contributed by atoms with van der Waals surface area (Å²) in [6.45, 7) is 0. The zero-order valence-electron chi connectivity index (χ0n) is 17.2. The van der Waals surface area contributed by atoms with Crippen molar-refractivity contribution >= 4 is 63.2 Å². The lowest BCUT2D eigenvalue weighted by molar-refractivity contribution is 0.186. The first-order chi connectivity index (χ1) is 16.0. The fraction of sp³-hybridized carbons (Fsp3) is 0.0455. The molecule has 0 aliphatic heterocycles. The van der Waals surface area contributed by atoms with Gasteiger partial charge < -0.3 is 24.5 Å². The number of anilines is 3. The average Bonchev–Trinajstić information content (AvgIpc) is 3.20. The normalized spacial score (nSPS) is 10.5. The molecule has 0 saturated heterocycles. The second kappa shape index (κ2) is 10.2. The number of benzene rings is 3. The third kappa shape index (κ3) is 6.09. The number of aromatic amines is 1. The second-order valence-electron chi connectivity index (χ2n) is 6.63. The van der Waals surface area contributed by atoms with Gasteiger partial charge in [-0.15, -0.1) is 0 Å². The predicted molar refractivity (Wildman–Crippen MR) is 130 cm³/mol. The van der Waals surface area contributed by atoms with Crippen molar-refractivity contribution in [2.75, 3.05) is 22.5 Å². The molecule has 11 heteroatoms. The smallest absolute Gasteiger partial charge is 0.413 e. The number of imidazole rings is 1. The third-order valence-electron chi connectivity index (χ3n) is 4.28. The number of hydrogen-bond donors (Lipinski definition) is 4. The molecule has 4 rings (SSSR count). The van der Waals surface area contributed by atoms with Gasteiger partial charge in [-0.25, -0.2) is 9.78 Å². The highest BCUT2D eigenvalue weighted by atomic mass is 35.5. The van der Waals surface area contributed by atoms with Crippen molar-refractivity contribution in [3.63, 3.8) is 0 Å². The van der Waals surface area contributed by atoms with Gasteiger partial charge in [-0.1, -0.05) is 17.7 Å². The van der Waals surface area contributed by atoms with Gasteiger partial charge in [0.15, 0.2) is 0 Å². The highest BCUT2D eigenvalue weighted by Gasteiger charge is 2.09. The van der Waals surface area contributed by atoms with Gasteiger partial charge in [0.1, 0.15) is 11.5 Å². The molecule has 0 spiro atoms. The Hall–Kier alpha value is -3.89. The summed E-state index contributed by atoms with van der Waals surface area (Å²) >= 11 is 6.84. The molecule has 4 aromatic rings. The SMILES string of the molecule is COC(=O)Nc1nc2cc(Oc3ccc(NC(=O)SNc4cccc(Cl)c4)cc3)ccc2[nH]1. The van der Waals surface area contributed by atoms with Crippen LogP contribution in [-0.2, 0) is 4.74 Å². The van der Waals surface area contributed by atoms with Crippen molar-refractivity contribution in [2.45, 2.75) is 0 Å². The fourth-order valence-corrected chi connectivity index (χ4v) is 3.50. The van der Waals surface area contributed by atoms with E-state index in [4.69, 9.17) is 16.3 Å². The Morgan fingerprint density at radius 1 is 0.970 bits per heavy atom. The molecule has 0 unspecified atom stereocenters. The summed E-state index contributed by atoms with van der Waals surface area (Å²) in [6, 6.07) is 19.3. The Labute approximate surface area is 198 Å². The van der Waals surface area contributed by atoms with E-state index < -0.39 is 6.09 Å². The summed E-state index contributed by atoms with van der Waals surface area (Å²) in [5.41, 5.74) is 2.70. The van der Waals surface area contributed by atoms with Crippen molar-refractivity contribution < 1.29 is 19.1 Å². The van der Waals surface area contributed by atoms with Gasteiger partial charge in [-0.3, -0.25) is 10.1 Å². The van der Waals surface area contributed by atoms with Crippen LogP contribution in [0.5, 0.6) is 11.5 Å². The van der Waals surface area contributed by atoms with E-state index in [1.165, 1.54) is 7.11 Å². The van der Waals surface area contributed by atoms with Gasteiger partial charge >= 0.3 is 11.3 Å². The summed E-state index contributed by atoms with van der Waals surface area (Å²) in [6.07, 6.45) is -0.614. The van der Waals surface area contributed by atoms with E-state index in [9.17, 15) is 9.59 Å². The van der Waals surface area contributed by atoms with Crippen LogP contribution in [0.15, 0.2) is 66.7 Å². The molecule has 0 aliphatic rings. The summed E-state index contributed by atoms with van der Waals surface area (Å²) < 4.78 is 13.4. The molecule has 0 radical (unpaired) electrons. The number of halogens is 1. The minimum atomic E-state index is -0.614. The molecule has 4 N–H and O–H groups in total. The van der Waals surface area contributed by atoms with Crippen LogP contribution < -0.4 is 20.1 Å². The molecule has 2 amide bonds. The Kier molecular flexibility index (Phi) is 6.86. The summed E-state index contributed by atoms with van der Waals surface area (Å²) in [4.78, 5) is 30.7. The molecule has 0 aliphatic carbocycles. The second-order valence-corrected chi connectivity index (χ2v) is 7.85. The number of H-pyrrole nitrogens is 1. The minimum absolute atomic E-state index is 0.274. The van der Waals surface area contributed by atoms with Gasteiger partial charge in [0.05, 0.1) is 18.1 Å². The lowest BCUT2D eigenvalue weighted by atomic mass is 10.3. The highest BCUT2D eigenvalue weighted by molar-refractivity contribution is 8.15. The molecule has 1 heterocycles. The molecule has 0 fully saturated rings. The number of hydrogen-bond acceptors (Lipinski definition) is 7. The number of amides is 2. The maximum Gasteiger partial charge on any atom is 0.413 e. The number of nitrogens with zero attached hydrogens (tertiary/aromatic N) is 1. The van der Waals surface area contributed by atoms with Crippen LogP contribution in [-0.4, -0.2) is 28.4 Å². The van der Waals surface area contributed by atoms with Gasteiger partial charge in [-0.05, 0) is 54.6 Å². The zero-order valence-corrected chi connectivity index (χ0v) is 18.8. The molecule has 0 bridgehead atoms. The van der Waals surface area contributed by atoms with E-state index in [1.54, 1.807) is 60.7 Å². The number of methoxy groups -OCH3 is 1. The number of nitrogens with one attached hydrogen (secondary N) is 4. The monoisotopic (exact) mass is 483 g/mol. The minimum Gasteiger partial charge on any atom is -0.457 e. The Bertz CT molecular complexity index is 1300. The quantitative estimate of drug-likeness (QED) is 0.232. The third-order valence-corrected chi connectivity index (χ3v) is 5.14. The Morgan fingerprint density at radius 2 is 1.76 bits per heavy atom. The molecule has 1 aromatic heterocycles. The van der Waals surface area contributed by atoms with Crippen LogP contribution >= 0.6 is 23.5 Å². The zero-order chi connectivity index (χ0) is 23.2. The summed E-state index contributed by atoms with van der Waals surface area (Å²) in [7, 11) is 1.28. The summed E-state index contributed by atoms with van der Waals surface area (Å²) in [5, 5.41) is 5.57. The molecular formula is C22H18ClN5O4S. The molecular weight excluding hydrogens is 466 g/mol. The van der Waals surface area contributed by atoms with Crippen LogP contribution in [0, 0.1) is 0 Å². The van der Waals surface area contributed by atoms with Crippen LogP contribution in [0.25, 0.3) is 11.0 Å². The molecule has 9 nitrogen and oxygen atoms in total. The van der Waals surface area contributed by atoms with Crippen molar-refractivity contribution in [3.05, 3.63) is 71.8 Å². The standard InChI is InChI=1S/C22H18ClN5O4S/c1-31-21(29)27-20-25-18-10-9-17(12-19(18)26-20)32-16-7-5-14(6-8-16)24-22(30)33-28-15-4-2-3-13(23)11-15/h2-12,28H,1H3,(H,24,30)(H2,25,26,27,29). The van der Waals surface area contributed by atoms with Crippen molar-refractivity contribution in [1.82, 2.24) is 9.97 Å². The fourth-order valence-electron chi connectivity index (χ4n) is 2.80. The number of carbonyl (C=O) groups excluding carboxylic acids is 2. The average molecular weight is 484 g/mol. The maximum absolute atomic E-state index is 12.1. The summed E-state index contributed by atoms with van der Waals surface area (Å²) in [5.74, 6) is 1.42. The van der Waals surface area contributed by atoms with E-state index in [0.29, 0.717) is 27.7 Å². The highest BCUT2D eigenvalue weighted by Crippen LogP contribution is 2.27. The molecule has 168 valence electrons. The van der Waals surface area contributed by atoms with E-state index in [0.717, 1.165) is 23.2 Å². The van der Waals surface area contributed by atoms with Crippen LogP contribution in [0.2, 0.25) is 5.02 Å². The number of aromatic nitrogens is 2. The molecule has 33 heavy (non-hydrogen) atoms. The van der Waals surface area contributed by atoms with Crippen molar-refractivity contribution in [1.29, 1.82) is 0 Å². The van der Waals surface area contributed by atoms with Crippen LogP contribution in [0.4, 0.5) is 26.9 Å². The van der Waals surface area contributed by atoms with Crippen molar-refractivity contribution in [2.24, 2.45) is 0 Å². The molecule has 3 aromatic carbocycles. The Balaban J connectivity index is 1.33. The largest absolute Gasteiger partial charge is 0.457 e. The van der Waals surface area contributed by atoms with Gasteiger partial charge in [0.25, 0.3) is 0 Å². The predicted octanol–water partition coefficient (Wildman–Crippen LogP) is 6.48. The Morgan fingerprint density at radius 3 is 2.52 bits per heavy atom. The van der Waals surface area contributed by atoms with Crippen LogP contribution in [0.3, 0.4) is 0 Å². The maximum atomic E-state index is 12.1. The van der Waals surface area contributed by atoms with E-state index >= 15 is 0 Å². The van der Waals surface area contributed by atoms with E-state index in [2.05, 4.69) is 30.1 Å². The van der Waals surface area contributed by atoms with E-state index in [1.807, 2.05) is 6.07 Å². The van der Waals surface area contributed by atoms with E-state index in [-0.39, 0.29) is 11.2 Å². The van der Waals surface area contributed by atoms with Crippen molar-refractivity contribution in [3.8, 4) is 11.5 Å².